The van der Waals surface area contributed by atoms with Crippen LogP contribution in [0.3, 0.4) is 0 Å². The zero-order valence-electron chi connectivity index (χ0n) is 8.70. The average molecular weight is 243 g/mol. The van der Waals surface area contributed by atoms with E-state index in [0.29, 0.717) is 5.75 Å². The Morgan fingerprint density at radius 3 is 2.44 bits per heavy atom. The van der Waals surface area contributed by atoms with Gasteiger partial charge in [0.2, 0.25) is 0 Å². The SMILES string of the molecule is CC(CO)CSc1c(F)cc(C#N)cc1F. The summed E-state index contributed by atoms with van der Waals surface area (Å²) in [7, 11) is 0. The topological polar surface area (TPSA) is 44.0 Å². The quantitative estimate of drug-likeness (QED) is 0.826. The van der Waals surface area contributed by atoms with Crippen molar-refractivity contribution in [1.29, 1.82) is 5.26 Å². The number of nitrogens with zero attached hydrogens (tertiary/aromatic N) is 1. The molecule has 0 aliphatic carbocycles. The Balaban J connectivity index is 2.85. The van der Waals surface area contributed by atoms with Crippen LogP contribution < -0.4 is 0 Å². The van der Waals surface area contributed by atoms with Gasteiger partial charge in [-0.3, -0.25) is 0 Å². The van der Waals surface area contributed by atoms with Gasteiger partial charge in [0.05, 0.1) is 16.5 Å². The lowest BCUT2D eigenvalue weighted by Gasteiger charge is -2.08. The van der Waals surface area contributed by atoms with Crippen LogP contribution in [0.4, 0.5) is 8.78 Å². The molecule has 0 aliphatic rings. The van der Waals surface area contributed by atoms with E-state index in [1.165, 1.54) is 0 Å². The predicted octanol–water partition coefficient (Wildman–Crippen LogP) is 2.56. The molecule has 0 bridgehead atoms. The molecule has 0 heterocycles. The molecule has 0 amide bonds. The summed E-state index contributed by atoms with van der Waals surface area (Å²) in [4.78, 5) is -0.0979. The highest BCUT2D eigenvalue weighted by Crippen LogP contribution is 2.27. The van der Waals surface area contributed by atoms with Crippen LogP contribution in [0.5, 0.6) is 0 Å². The molecule has 0 saturated carbocycles. The van der Waals surface area contributed by atoms with Gasteiger partial charge in [-0.05, 0) is 18.1 Å². The summed E-state index contributed by atoms with van der Waals surface area (Å²) < 4.78 is 26.8. The molecule has 1 N–H and O–H groups in total. The molecule has 0 spiro atoms. The first kappa shape index (κ1) is 12.9. The molecule has 1 rings (SSSR count). The fourth-order valence-corrected chi connectivity index (χ4v) is 1.99. The van der Waals surface area contributed by atoms with Crippen molar-refractivity contribution in [3.8, 4) is 6.07 Å². The minimum atomic E-state index is -0.730. The molecule has 0 aromatic heterocycles. The predicted molar refractivity (Wildman–Crippen MR) is 58.0 cm³/mol. The van der Waals surface area contributed by atoms with E-state index in [0.717, 1.165) is 23.9 Å². The van der Waals surface area contributed by atoms with Crippen LogP contribution in [-0.4, -0.2) is 17.5 Å². The Morgan fingerprint density at radius 2 is 2.00 bits per heavy atom. The van der Waals surface area contributed by atoms with Crippen LogP contribution in [0.1, 0.15) is 12.5 Å². The molecule has 1 aromatic carbocycles. The second-order valence-electron chi connectivity index (χ2n) is 3.48. The van der Waals surface area contributed by atoms with Gasteiger partial charge < -0.3 is 5.11 Å². The summed E-state index contributed by atoms with van der Waals surface area (Å²) in [6.45, 7) is 1.76. The van der Waals surface area contributed by atoms with Crippen molar-refractivity contribution in [2.75, 3.05) is 12.4 Å². The van der Waals surface area contributed by atoms with E-state index >= 15 is 0 Å². The van der Waals surface area contributed by atoms with E-state index in [-0.39, 0.29) is 23.0 Å². The molecule has 0 radical (unpaired) electrons. The molecular weight excluding hydrogens is 232 g/mol. The number of aliphatic hydroxyl groups is 1. The zero-order valence-corrected chi connectivity index (χ0v) is 9.52. The van der Waals surface area contributed by atoms with Crippen molar-refractivity contribution in [1.82, 2.24) is 0 Å². The number of hydrogen-bond donors (Lipinski definition) is 1. The largest absolute Gasteiger partial charge is 0.396 e. The van der Waals surface area contributed by atoms with Gasteiger partial charge in [-0.15, -0.1) is 11.8 Å². The van der Waals surface area contributed by atoms with Crippen LogP contribution >= 0.6 is 11.8 Å². The summed E-state index contributed by atoms with van der Waals surface area (Å²) in [6, 6.07) is 3.70. The number of rotatable bonds is 4. The third-order valence-electron chi connectivity index (χ3n) is 1.95. The number of nitriles is 1. The normalized spacial score (nSPS) is 12.2. The van der Waals surface area contributed by atoms with Gasteiger partial charge in [0, 0.05) is 12.4 Å². The third-order valence-corrected chi connectivity index (χ3v) is 3.37. The van der Waals surface area contributed by atoms with E-state index in [4.69, 9.17) is 10.4 Å². The van der Waals surface area contributed by atoms with Crippen molar-refractivity contribution < 1.29 is 13.9 Å². The van der Waals surface area contributed by atoms with Crippen molar-refractivity contribution in [3.05, 3.63) is 29.3 Å². The van der Waals surface area contributed by atoms with Crippen molar-refractivity contribution >= 4 is 11.8 Å². The van der Waals surface area contributed by atoms with Gasteiger partial charge in [0.15, 0.2) is 0 Å². The molecule has 1 unspecified atom stereocenters. The number of benzene rings is 1. The maximum Gasteiger partial charge on any atom is 0.141 e. The van der Waals surface area contributed by atoms with E-state index in [1.807, 2.05) is 0 Å². The van der Waals surface area contributed by atoms with E-state index in [9.17, 15) is 8.78 Å². The standard InChI is InChI=1S/C11H11F2NOS/c1-7(5-15)6-16-11-9(12)2-8(4-14)3-10(11)13/h2-3,7,15H,5-6H2,1H3. The van der Waals surface area contributed by atoms with Crippen molar-refractivity contribution in [3.63, 3.8) is 0 Å². The summed E-state index contributed by atoms with van der Waals surface area (Å²) in [6.07, 6.45) is 0. The summed E-state index contributed by atoms with van der Waals surface area (Å²) >= 11 is 1.01. The number of halogens is 2. The molecule has 0 fully saturated rings. The fraction of sp³-hybridized carbons (Fsp3) is 0.364. The number of thioether (sulfide) groups is 1. The average Bonchev–Trinajstić information content (AvgIpc) is 2.27. The minimum Gasteiger partial charge on any atom is -0.396 e. The molecule has 16 heavy (non-hydrogen) atoms. The van der Waals surface area contributed by atoms with Gasteiger partial charge in [-0.1, -0.05) is 6.92 Å². The maximum atomic E-state index is 13.4. The van der Waals surface area contributed by atoms with Crippen LogP contribution in [0.2, 0.25) is 0 Å². The summed E-state index contributed by atoms with van der Waals surface area (Å²) in [5.74, 6) is -1.06. The van der Waals surface area contributed by atoms with E-state index in [1.54, 1.807) is 13.0 Å². The lowest BCUT2D eigenvalue weighted by Crippen LogP contribution is -2.04. The van der Waals surface area contributed by atoms with Gasteiger partial charge in [0.1, 0.15) is 11.6 Å². The Morgan fingerprint density at radius 1 is 1.44 bits per heavy atom. The summed E-state index contributed by atoms with van der Waals surface area (Å²) in [5.41, 5.74) is -0.0328. The molecule has 1 aromatic rings. The first-order chi connectivity index (χ1) is 7.58. The fourth-order valence-electron chi connectivity index (χ4n) is 1.04. The maximum absolute atomic E-state index is 13.4. The number of hydrogen-bond acceptors (Lipinski definition) is 3. The van der Waals surface area contributed by atoms with E-state index < -0.39 is 11.6 Å². The van der Waals surface area contributed by atoms with Gasteiger partial charge in [-0.2, -0.15) is 5.26 Å². The Kier molecular flexibility index (Phi) is 4.71. The minimum absolute atomic E-state index is 0.0213. The second-order valence-corrected chi connectivity index (χ2v) is 4.51. The third kappa shape index (κ3) is 3.19. The molecular formula is C11H11F2NOS. The smallest absolute Gasteiger partial charge is 0.141 e. The van der Waals surface area contributed by atoms with Crippen LogP contribution in [0.25, 0.3) is 0 Å². The van der Waals surface area contributed by atoms with Crippen LogP contribution in [0, 0.1) is 28.9 Å². The Bertz CT molecular complexity index is 394. The highest BCUT2D eigenvalue weighted by atomic mass is 32.2. The van der Waals surface area contributed by atoms with Gasteiger partial charge >= 0.3 is 0 Å². The second kappa shape index (κ2) is 5.83. The Hall–Kier alpha value is -1.12. The molecule has 0 aliphatic heterocycles. The lowest BCUT2D eigenvalue weighted by atomic mass is 10.2. The van der Waals surface area contributed by atoms with Gasteiger partial charge in [-0.25, -0.2) is 8.78 Å². The van der Waals surface area contributed by atoms with Crippen molar-refractivity contribution in [2.45, 2.75) is 11.8 Å². The molecule has 0 saturated heterocycles. The summed E-state index contributed by atoms with van der Waals surface area (Å²) in [5, 5.41) is 17.3. The Labute approximate surface area is 96.9 Å². The lowest BCUT2D eigenvalue weighted by molar-refractivity contribution is 0.250. The molecule has 1 atom stereocenters. The molecule has 2 nitrogen and oxygen atoms in total. The highest BCUT2D eigenvalue weighted by Gasteiger charge is 2.13. The van der Waals surface area contributed by atoms with E-state index in [2.05, 4.69) is 0 Å². The van der Waals surface area contributed by atoms with Crippen LogP contribution in [-0.2, 0) is 0 Å². The first-order valence-electron chi connectivity index (χ1n) is 4.71. The highest BCUT2D eigenvalue weighted by molar-refractivity contribution is 7.99. The zero-order chi connectivity index (χ0) is 12.1. The first-order valence-corrected chi connectivity index (χ1v) is 5.69. The monoisotopic (exact) mass is 243 g/mol. The van der Waals surface area contributed by atoms with Crippen LogP contribution in [0.15, 0.2) is 17.0 Å². The van der Waals surface area contributed by atoms with Crippen molar-refractivity contribution in [2.24, 2.45) is 5.92 Å². The molecule has 5 heteroatoms. The van der Waals surface area contributed by atoms with Gasteiger partial charge in [0.25, 0.3) is 0 Å². The number of aliphatic hydroxyl groups excluding tert-OH is 1. The molecule has 86 valence electrons.